The van der Waals surface area contributed by atoms with Crippen LogP contribution in [-0.4, -0.2) is 28.9 Å². The molecule has 0 aromatic carbocycles. The highest BCUT2D eigenvalue weighted by molar-refractivity contribution is 5.84. The molecular weight excluding hydrogens is 188 g/mol. The van der Waals surface area contributed by atoms with E-state index in [2.05, 4.69) is 6.92 Å². The molecule has 1 unspecified atom stereocenters. The van der Waals surface area contributed by atoms with Crippen LogP contribution in [0.3, 0.4) is 0 Å². The number of hydrogen-bond donors (Lipinski definition) is 1. The maximum absolute atomic E-state index is 12.4. The molecule has 0 spiro atoms. The lowest BCUT2D eigenvalue weighted by Crippen LogP contribution is -2.57. The van der Waals surface area contributed by atoms with Gasteiger partial charge in [-0.3, -0.25) is 4.79 Å². The van der Waals surface area contributed by atoms with Gasteiger partial charge in [-0.1, -0.05) is 0 Å². The molecule has 3 nitrogen and oxygen atoms in total. The van der Waals surface area contributed by atoms with Crippen molar-refractivity contribution in [2.45, 2.75) is 59.0 Å². The van der Waals surface area contributed by atoms with Crippen LogP contribution in [0.5, 0.6) is 0 Å². The van der Waals surface area contributed by atoms with Crippen molar-refractivity contribution in [2.24, 2.45) is 11.1 Å². The van der Waals surface area contributed by atoms with E-state index in [1.54, 1.807) is 0 Å². The lowest BCUT2D eigenvalue weighted by atomic mass is 9.74. The molecule has 0 bridgehead atoms. The second-order valence-electron chi connectivity index (χ2n) is 5.84. The van der Waals surface area contributed by atoms with Crippen LogP contribution in [-0.2, 0) is 4.79 Å². The molecule has 3 heteroatoms. The summed E-state index contributed by atoms with van der Waals surface area (Å²) < 4.78 is 0. The summed E-state index contributed by atoms with van der Waals surface area (Å²) in [5.74, 6) is 0.194. The molecule has 1 aliphatic heterocycles. The third-order valence-corrected chi connectivity index (χ3v) is 3.96. The molecule has 0 saturated carbocycles. The number of carbonyl (C=O) groups excluding carboxylic acids is 1. The Morgan fingerprint density at radius 3 is 2.20 bits per heavy atom. The van der Waals surface area contributed by atoms with Gasteiger partial charge in [-0.2, -0.15) is 0 Å². The first-order chi connectivity index (χ1) is 6.68. The third-order valence-electron chi connectivity index (χ3n) is 3.96. The summed E-state index contributed by atoms with van der Waals surface area (Å²) in [6.07, 6.45) is 2.24. The van der Waals surface area contributed by atoms with Crippen molar-refractivity contribution in [3.63, 3.8) is 0 Å². The second-order valence-corrected chi connectivity index (χ2v) is 5.84. The minimum atomic E-state index is -0.494. The monoisotopic (exact) mass is 212 g/mol. The molecule has 0 radical (unpaired) electrons. The minimum Gasteiger partial charge on any atom is -0.339 e. The average molecular weight is 212 g/mol. The van der Waals surface area contributed by atoms with Gasteiger partial charge in [0.2, 0.25) is 5.91 Å². The Labute approximate surface area is 93.0 Å². The van der Waals surface area contributed by atoms with Gasteiger partial charge in [0.1, 0.15) is 0 Å². The summed E-state index contributed by atoms with van der Waals surface area (Å²) in [6.45, 7) is 10.7. The van der Waals surface area contributed by atoms with Gasteiger partial charge in [0.25, 0.3) is 0 Å². The van der Waals surface area contributed by atoms with Crippen LogP contribution >= 0.6 is 0 Å². The molecule has 2 N–H and O–H groups in total. The highest BCUT2D eigenvalue weighted by atomic mass is 16.2. The first kappa shape index (κ1) is 12.5. The molecular formula is C12H24N2O. The number of likely N-dealkylation sites (tertiary alicyclic amines) is 1. The second kappa shape index (κ2) is 3.78. The zero-order valence-corrected chi connectivity index (χ0v) is 10.6. The molecule has 1 heterocycles. The van der Waals surface area contributed by atoms with E-state index in [-0.39, 0.29) is 5.91 Å². The molecule has 1 atom stereocenters. The van der Waals surface area contributed by atoms with Crippen molar-refractivity contribution in [3.05, 3.63) is 0 Å². The summed E-state index contributed by atoms with van der Waals surface area (Å²) >= 11 is 0. The predicted molar refractivity (Wildman–Crippen MR) is 62.5 cm³/mol. The Balaban J connectivity index is 2.84. The fourth-order valence-electron chi connectivity index (χ4n) is 1.87. The Hall–Kier alpha value is -0.570. The van der Waals surface area contributed by atoms with Gasteiger partial charge in [0, 0.05) is 18.1 Å². The number of hydrogen-bond acceptors (Lipinski definition) is 2. The zero-order valence-electron chi connectivity index (χ0n) is 10.6. The highest BCUT2D eigenvalue weighted by Gasteiger charge is 2.44. The van der Waals surface area contributed by atoms with Gasteiger partial charge in [-0.05, 0) is 47.5 Å². The normalized spacial score (nSPS) is 23.3. The van der Waals surface area contributed by atoms with E-state index in [0.29, 0.717) is 6.04 Å². The lowest BCUT2D eigenvalue weighted by molar-refractivity contribution is -0.144. The van der Waals surface area contributed by atoms with Crippen LogP contribution in [0.15, 0.2) is 0 Å². The Morgan fingerprint density at radius 2 is 1.87 bits per heavy atom. The highest BCUT2D eigenvalue weighted by Crippen LogP contribution is 2.33. The van der Waals surface area contributed by atoms with Gasteiger partial charge in [-0.15, -0.1) is 0 Å². The van der Waals surface area contributed by atoms with Gasteiger partial charge in [0.15, 0.2) is 0 Å². The van der Waals surface area contributed by atoms with E-state index in [4.69, 9.17) is 5.73 Å². The topological polar surface area (TPSA) is 46.3 Å². The van der Waals surface area contributed by atoms with E-state index in [0.717, 1.165) is 19.4 Å². The number of carbonyl (C=O) groups is 1. The van der Waals surface area contributed by atoms with Crippen LogP contribution in [0.25, 0.3) is 0 Å². The Kier molecular flexibility index (Phi) is 3.15. The number of nitrogens with two attached hydrogens (primary N) is 1. The summed E-state index contributed by atoms with van der Waals surface area (Å²) in [6, 6.07) is 0.374. The van der Waals surface area contributed by atoms with Crippen LogP contribution < -0.4 is 5.73 Å². The van der Waals surface area contributed by atoms with Crippen molar-refractivity contribution >= 4 is 5.91 Å². The molecule has 1 aliphatic rings. The van der Waals surface area contributed by atoms with Crippen molar-refractivity contribution < 1.29 is 4.79 Å². The molecule has 1 amide bonds. The van der Waals surface area contributed by atoms with E-state index in [1.807, 2.05) is 32.6 Å². The first-order valence-corrected chi connectivity index (χ1v) is 5.78. The molecule has 1 saturated heterocycles. The van der Waals surface area contributed by atoms with E-state index in [9.17, 15) is 4.79 Å². The fourth-order valence-corrected chi connectivity index (χ4v) is 1.87. The van der Waals surface area contributed by atoms with Crippen LogP contribution in [0.2, 0.25) is 0 Å². The largest absolute Gasteiger partial charge is 0.339 e. The van der Waals surface area contributed by atoms with Crippen molar-refractivity contribution in [1.82, 2.24) is 4.90 Å². The first-order valence-electron chi connectivity index (χ1n) is 5.78. The molecule has 1 rings (SSSR count). The molecule has 0 aliphatic carbocycles. The van der Waals surface area contributed by atoms with E-state index < -0.39 is 11.0 Å². The summed E-state index contributed by atoms with van der Waals surface area (Å²) in [5, 5.41) is 0. The van der Waals surface area contributed by atoms with Gasteiger partial charge < -0.3 is 10.6 Å². The summed E-state index contributed by atoms with van der Waals surface area (Å²) in [4.78, 5) is 14.4. The maximum atomic E-state index is 12.4. The standard InChI is InChI=1S/C12H24N2O/c1-9-7-6-8-14(9)10(15)11(2,3)12(4,5)13/h9H,6-8,13H2,1-5H3. The summed E-state index contributed by atoms with van der Waals surface area (Å²) in [5.41, 5.74) is 5.11. The zero-order chi connectivity index (χ0) is 11.9. The van der Waals surface area contributed by atoms with Gasteiger partial charge >= 0.3 is 0 Å². The smallest absolute Gasteiger partial charge is 0.230 e. The lowest BCUT2D eigenvalue weighted by Gasteiger charge is -2.40. The van der Waals surface area contributed by atoms with Crippen LogP contribution in [0.1, 0.15) is 47.5 Å². The molecule has 15 heavy (non-hydrogen) atoms. The molecule has 1 fully saturated rings. The van der Waals surface area contributed by atoms with Crippen molar-refractivity contribution in [1.29, 1.82) is 0 Å². The average Bonchev–Trinajstić information content (AvgIpc) is 2.48. The van der Waals surface area contributed by atoms with E-state index >= 15 is 0 Å². The Bertz CT molecular complexity index is 253. The van der Waals surface area contributed by atoms with Crippen LogP contribution in [0, 0.1) is 5.41 Å². The predicted octanol–water partition coefficient (Wildman–Crippen LogP) is 1.76. The van der Waals surface area contributed by atoms with Crippen molar-refractivity contribution in [3.8, 4) is 0 Å². The molecule has 0 aromatic rings. The van der Waals surface area contributed by atoms with E-state index in [1.165, 1.54) is 0 Å². The minimum absolute atomic E-state index is 0.194. The van der Waals surface area contributed by atoms with Crippen molar-refractivity contribution in [2.75, 3.05) is 6.54 Å². The molecule has 0 aromatic heterocycles. The van der Waals surface area contributed by atoms with Gasteiger partial charge in [0.05, 0.1) is 5.41 Å². The SMILES string of the molecule is CC1CCCN1C(=O)C(C)(C)C(C)(C)N. The fraction of sp³-hybridized carbons (Fsp3) is 0.917. The summed E-state index contributed by atoms with van der Waals surface area (Å²) in [7, 11) is 0. The number of rotatable bonds is 2. The number of nitrogens with zero attached hydrogens (tertiary/aromatic N) is 1. The third kappa shape index (κ3) is 2.17. The van der Waals surface area contributed by atoms with Crippen LogP contribution in [0.4, 0.5) is 0 Å². The van der Waals surface area contributed by atoms with Gasteiger partial charge in [-0.25, -0.2) is 0 Å². The quantitative estimate of drug-likeness (QED) is 0.758. The maximum Gasteiger partial charge on any atom is 0.230 e. The molecule has 88 valence electrons. The number of amides is 1. The Morgan fingerprint density at radius 1 is 1.33 bits per heavy atom.